The number of nitrogens with two attached hydrogens (primary N) is 1. The van der Waals surface area contributed by atoms with Gasteiger partial charge in [0.15, 0.2) is 5.13 Å². The van der Waals surface area contributed by atoms with E-state index in [2.05, 4.69) is 9.88 Å². The van der Waals surface area contributed by atoms with Crippen LogP contribution < -0.4 is 5.73 Å². The molecule has 15 heavy (non-hydrogen) atoms. The van der Waals surface area contributed by atoms with Gasteiger partial charge in [0.05, 0.1) is 18.2 Å². The maximum absolute atomic E-state index is 5.56. The molecule has 0 unspecified atom stereocenters. The van der Waals surface area contributed by atoms with Crippen molar-refractivity contribution in [1.29, 1.82) is 0 Å². The molecule has 2 heterocycles. The van der Waals surface area contributed by atoms with Gasteiger partial charge in [0.1, 0.15) is 0 Å². The summed E-state index contributed by atoms with van der Waals surface area (Å²) in [7, 11) is 2.04. The van der Waals surface area contributed by atoms with E-state index in [1.54, 1.807) is 12.5 Å². The van der Waals surface area contributed by atoms with Gasteiger partial charge >= 0.3 is 0 Å². The highest BCUT2D eigenvalue weighted by molar-refractivity contribution is 7.13. The largest absolute Gasteiger partial charge is 0.472 e. The number of nitrogens with zero attached hydrogens (tertiary/aromatic N) is 2. The minimum Gasteiger partial charge on any atom is -0.472 e. The van der Waals surface area contributed by atoms with Crippen LogP contribution in [0.1, 0.15) is 11.3 Å². The molecule has 0 bridgehead atoms. The number of aromatic nitrogens is 1. The fourth-order valence-corrected chi connectivity index (χ4v) is 1.98. The summed E-state index contributed by atoms with van der Waals surface area (Å²) in [5.41, 5.74) is 7.75. The Morgan fingerprint density at radius 2 is 2.40 bits per heavy atom. The van der Waals surface area contributed by atoms with E-state index in [-0.39, 0.29) is 0 Å². The molecule has 0 aliphatic carbocycles. The van der Waals surface area contributed by atoms with Gasteiger partial charge in [-0.05, 0) is 13.1 Å². The van der Waals surface area contributed by atoms with Crippen molar-refractivity contribution in [2.45, 2.75) is 13.1 Å². The van der Waals surface area contributed by atoms with Crippen LogP contribution in [0.5, 0.6) is 0 Å². The molecule has 0 spiro atoms. The summed E-state index contributed by atoms with van der Waals surface area (Å²) in [6.07, 6.45) is 3.44. The van der Waals surface area contributed by atoms with Crippen LogP contribution in [0.3, 0.4) is 0 Å². The fourth-order valence-electron chi connectivity index (χ4n) is 1.42. The zero-order valence-electron chi connectivity index (χ0n) is 8.51. The molecule has 80 valence electrons. The smallest absolute Gasteiger partial charge is 0.180 e. The van der Waals surface area contributed by atoms with Crippen molar-refractivity contribution in [3.8, 4) is 0 Å². The van der Waals surface area contributed by atoms with Crippen LogP contribution in [-0.2, 0) is 13.1 Å². The average Bonchev–Trinajstić information content (AvgIpc) is 2.77. The summed E-state index contributed by atoms with van der Waals surface area (Å²) < 4.78 is 5.01. The van der Waals surface area contributed by atoms with E-state index in [0.29, 0.717) is 5.13 Å². The Balaban J connectivity index is 1.90. The first-order chi connectivity index (χ1) is 7.24. The van der Waals surface area contributed by atoms with Crippen molar-refractivity contribution in [1.82, 2.24) is 9.88 Å². The van der Waals surface area contributed by atoms with E-state index in [1.165, 1.54) is 16.9 Å². The topological polar surface area (TPSA) is 55.3 Å². The third kappa shape index (κ3) is 2.81. The average molecular weight is 223 g/mol. The SMILES string of the molecule is CN(Cc1ccoc1)Cc1csc(N)n1. The van der Waals surface area contributed by atoms with E-state index < -0.39 is 0 Å². The molecule has 2 aromatic heterocycles. The molecule has 0 amide bonds. The summed E-state index contributed by atoms with van der Waals surface area (Å²) in [6, 6.07) is 1.96. The molecule has 2 N–H and O–H groups in total. The minimum absolute atomic E-state index is 0.627. The number of rotatable bonds is 4. The number of nitrogen functional groups attached to an aromatic ring is 1. The lowest BCUT2D eigenvalue weighted by molar-refractivity contribution is 0.314. The first kappa shape index (κ1) is 10.2. The van der Waals surface area contributed by atoms with E-state index in [1.807, 2.05) is 18.5 Å². The van der Waals surface area contributed by atoms with Crippen LogP contribution in [0, 0.1) is 0 Å². The van der Waals surface area contributed by atoms with E-state index in [4.69, 9.17) is 10.2 Å². The van der Waals surface area contributed by atoms with E-state index >= 15 is 0 Å². The molecule has 0 aliphatic heterocycles. The monoisotopic (exact) mass is 223 g/mol. The van der Waals surface area contributed by atoms with Crippen LogP contribution in [0.4, 0.5) is 5.13 Å². The third-order valence-corrected chi connectivity index (χ3v) is 2.76. The van der Waals surface area contributed by atoms with Gasteiger partial charge in [-0.25, -0.2) is 4.98 Å². The Hall–Kier alpha value is -1.33. The molecular weight excluding hydrogens is 210 g/mol. The second-order valence-corrected chi connectivity index (χ2v) is 4.37. The van der Waals surface area contributed by atoms with Crippen LogP contribution in [0.15, 0.2) is 28.4 Å². The summed E-state index contributed by atoms with van der Waals surface area (Å²) in [5, 5.41) is 2.61. The number of thiazole rings is 1. The Morgan fingerprint density at radius 3 is 3.00 bits per heavy atom. The highest BCUT2D eigenvalue weighted by atomic mass is 32.1. The lowest BCUT2D eigenvalue weighted by Crippen LogP contribution is -2.17. The second kappa shape index (κ2) is 4.46. The molecule has 0 fully saturated rings. The summed E-state index contributed by atoms with van der Waals surface area (Å²) in [4.78, 5) is 6.38. The number of anilines is 1. The van der Waals surface area contributed by atoms with Crippen LogP contribution in [0.2, 0.25) is 0 Å². The highest BCUT2D eigenvalue weighted by Gasteiger charge is 2.05. The van der Waals surface area contributed by atoms with Crippen LogP contribution in [0.25, 0.3) is 0 Å². The van der Waals surface area contributed by atoms with Gasteiger partial charge in [0.2, 0.25) is 0 Å². The van der Waals surface area contributed by atoms with Gasteiger partial charge in [-0.2, -0.15) is 0 Å². The minimum atomic E-state index is 0.627. The number of hydrogen-bond donors (Lipinski definition) is 1. The van der Waals surface area contributed by atoms with Crippen LogP contribution in [-0.4, -0.2) is 16.9 Å². The fraction of sp³-hybridized carbons (Fsp3) is 0.300. The first-order valence-corrected chi connectivity index (χ1v) is 5.51. The molecule has 0 aliphatic rings. The third-order valence-electron chi connectivity index (χ3n) is 2.03. The maximum atomic E-state index is 5.56. The Kier molecular flexibility index (Phi) is 3.03. The molecular formula is C10H13N3OS. The van der Waals surface area contributed by atoms with Gasteiger partial charge in [-0.3, -0.25) is 4.90 Å². The van der Waals surface area contributed by atoms with Gasteiger partial charge in [-0.15, -0.1) is 11.3 Å². The zero-order chi connectivity index (χ0) is 10.7. The second-order valence-electron chi connectivity index (χ2n) is 3.48. The molecule has 2 rings (SSSR count). The molecule has 5 heteroatoms. The van der Waals surface area contributed by atoms with Crippen molar-refractivity contribution in [2.75, 3.05) is 12.8 Å². The maximum Gasteiger partial charge on any atom is 0.180 e. The van der Waals surface area contributed by atoms with E-state index in [0.717, 1.165) is 18.8 Å². The first-order valence-electron chi connectivity index (χ1n) is 4.63. The zero-order valence-corrected chi connectivity index (χ0v) is 9.33. The number of hydrogen-bond acceptors (Lipinski definition) is 5. The van der Waals surface area contributed by atoms with Crippen molar-refractivity contribution in [3.63, 3.8) is 0 Å². The van der Waals surface area contributed by atoms with Gasteiger partial charge in [0.25, 0.3) is 0 Å². The standard InChI is InChI=1S/C10H13N3OS/c1-13(4-8-2-3-14-6-8)5-9-7-15-10(11)12-9/h2-3,6-7H,4-5H2,1H3,(H2,11,12). The van der Waals surface area contributed by atoms with Crippen molar-refractivity contribution < 1.29 is 4.42 Å². The molecule has 0 saturated heterocycles. The Labute approximate surface area is 92.3 Å². The molecule has 0 saturated carbocycles. The van der Waals surface area contributed by atoms with E-state index in [9.17, 15) is 0 Å². The predicted octanol–water partition coefficient (Wildman–Crippen LogP) is 1.95. The summed E-state index contributed by atoms with van der Waals surface area (Å²) in [5.74, 6) is 0. The van der Waals surface area contributed by atoms with Crippen molar-refractivity contribution in [2.24, 2.45) is 0 Å². The predicted molar refractivity (Wildman–Crippen MR) is 60.4 cm³/mol. The normalized spacial score (nSPS) is 11.1. The lowest BCUT2D eigenvalue weighted by atomic mass is 10.3. The van der Waals surface area contributed by atoms with Crippen molar-refractivity contribution >= 4 is 16.5 Å². The van der Waals surface area contributed by atoms with Crippen molar-refractivity contribution in [3.05, 3.63) is 35.2 Å². The molecule has 4 nitrogen and oxygen atoms in total. The number of furan rings is 1. The Morgan fingerprint density at radius 1 is 1.53 bits per heavy atom. The van der Waals surface area contributed by atoms with Gasteiger partial charge in [0, 0.05) is 24.0 Å². The molecule has 2 aromatic rings. The Bertz CT molecular complexity index is 410. The molecule has 0 radical (unpaired) electrons. The van der Waals surface area contributed by atoms with Gasteiger partial charge < -0.3 is 10.2 Å². The van der Waals surface area contributed by atoms with Gasteiger partial charge in [-0.1, -0.05) is 0 Å². The lowest BCUT2D eigenvalue weighted by Gasteiger charge is -2.13. The molecule has 0 aromatic carbocycles. The summed E-state index contributed by atoms with van der Waals surface area (Å²) >= 11 is 1.48. The van der Waals surface area contributed by atoms with Crippen LogP contribution >= 0.6 is 11.3 Å². The highest BCUT2D eigenvalue weighted by Crippen LogP contribution is 2.13. The summed E-state index contributed by atoms with van der Waals surface area (Å²) in [6.45, 7) is 1.66. The quantitative estimate of drug-likeness (QED) is 0.860. The molecule has 0 atom stereocenters.